The Morgan fingerprint density at radius 3 is 2.05 bits per heavy atom. The predicted octanol–water partition coefficient (Wildman–Crippen LogP) is 9.28. The van der Waals surface area contributed by atoms with E-state index in [2.05, 4.69) is 28.2 Å². The van der Waals surface area contributed by atoms with Crippen molar-refractivity contribution in [1.82, 2.24) is 10.4 Å². The number of nitrogens with one attached hydrogen (secondary N) is 1. The quantitative estimate of drug-likeness (QED) is 0.114. The summed E-state index contributed by atoms with van der Waals surface area (Å²) in [6.45, 7) is 3.67. The number of hydroxylamine groups is 2. The van der Waals surface area contributed by atoms with Crippen LogP contribution < -0.4 is 10.1 Å². The van der Waals surface area contributed by atoms with Gasteiger partial charge in [0.15, 0.2) is 0 Å². The van der Waals surface area contributed by atoms with Gasteiger partial charge in [-0.1, -0.05) is 117 Å². The molecule has 1 amide bonds. The first-order valence-corrected chi connectivity index (χ1v) is 15.2. The van der Waals surface area contributed by atoms with E-state index in [1.54, 1.807) is 0 Å². The normalized spacial score (nSPS) is 11.1. The second-order valence-electron chi connectivity index (χ2n) is 10.1. The van der Waals surface area contributed by atoms with E-state index in [0.29, 0.717) is 25.2 Å². The summed E-state index contributed by atoms with van der Waals surface area (Å²) in [5, 5.41) is 14.8. The highest BCUT2D eigenvalue weighted by Crippen LogP contribution is 2.23. The lowest BCUT2D eigenvalue weighted by molar-refractivity contribution is -0.108. The topological polar surface area (TPSA) is 61.8 Å². The molecule has 0 heterocycles. The smallest absolute Gasteiger partial charge is 0.251 e. The number of carbonyl (C=O) groups is 1. The number of halogens is 1. The fourth-order valence-corrected chi connectivity index (χ4v) is 4.99. The van der Waals surface area contributed by atoms with E-state index in [1.807, 2.05) is 72.8 Å². The molecular weight excluding hydrogens is 552 g/mol. The minimum atomic E-state index is -0.0585. The number of hydrogen-bond donors (Lipinski definition) is 2. The van der Waals surface area contributed by atoms with Crippen LogP contribution >= 0.6 is 15.9 Å². The maximum absolute atomic E-state index is 12.6. The minimum Gasteiger partial charge on any atom is -0.457 e. The molecule has 3 aromatic carbocycles. The van der Waals surface area contributed by atoms with Gasteiger partial charge in [-0.05, 0) is 53.9 Å². The molecule has 2 N–H and O–H groups in total. The number of hydrogen-bond acceptors (Lipinski definition) is 4. The molecule has 3 rings (SSSR count). The van der Waals surface area contributed by atoms with Crippen LogP contribution in [-0.2, 0) is 13.1 Å². The Hall–Kier alpha value is -2.67. The van der Waals surface area contributed by atoms with Gasteiger partial charge in [0.1, 0.15) is 11.5 Å². The molecule has 0 radical (unpaired) electrons. The predicted molar refractivity (Wildman–Crippen MR) is 162 cm³/mol. The highest BCUT2D eigenvalue weighted by atomic mass is 79.9. The number of amides is 1. The van der Waals surface area contributed by atoms with Crippen LogP contribution in [0.3, 0.4) is 0 Å². The van der Waals surface area contributed by atoms with Crippen molar-refractivity contribution >= 4 is 21.8 Å². The molecule has 5 nitrogen and oxygen atoms in total. The molecule has 210 valence electrons. The van der Waals surface area contributed by atoms with E-state index in [9.17, 15) is 10.0 Å². The molecule has 0 aliphatic rings. The van der Waals surface area contributed by atoms with E-state index >= 15 is 0 Å². The Bertz CT molecular complexity index is 1110. The lowest BCUT2D eigenvalue weighted by atomic mass is 10.1. The SMILES string of the molecule is CCCCCCCCCCCCNC(=O)c1ccc(CN(O)Cc2ccc(Oc3ccccc3)cc2)c(Br)c1. The van der Waals surface area contributed by atoms with Crippen molar-refractivity contribution in [1.29, 1.82) is 0 Å². The van der Waals surface area contributed by atoms with Crippen molar-refractivity contribution < 1.29 is 14.7 Å². The third-order valence-corrected chi connectivity index (χ3v) is 7.49. The molecule has 0 aliphatic carbocycles. The van der Waals surface area contributed by atoms with E-state index in [-0.39, 0.29) is 5.91 Å². The Labute approximate surface area is 242 Å². The van der Waals surface area contributed by atoms with Gasteiger partial charge in [0, 0.05) is 23.1 Å². The van der Waals surface area contributed by atoms with Crippen molar-refractivity contribution in [2.45, 2.75) is 84.2 Å². The average Bonchev–Trinajstić information content (AvgIpc) is 2.94. The van der Waals surface area contributed by atoms with E-state index in [4.69, 9.17) is 4.74 Å². The zero-order chi connectivity index (χ0) is 27.7. The van der Waals surface area contributed by atoms with Gasteiger partial charge in [-0.25, -0.2) is 0 Å². The van der Waals surface area contributed by atoms with Crippen molar-refractivity contribution in [2.75, 3.05) is 6.54 Å². The van der Waals surface area contributed by atoms with Crippen LogP contribution in [0.1, 0.15) is 92.6 Å². The molecule has 0 saturated carbocycles. The molecular formula is C33H43BrN2O3. The highest BCUT2D eigenvalue weighted by molar-refractivity contribution is 9.10. The molecule has 0 aromatic heterocycles. The summed E-state index contributed by atoms with van der Waals surface area (Å²) in [5.74, 6) is 1.48. The van der Waals surface area contributed by atoms with Gasteiger partial charge >= 0.3 is 0 Å². The Kier molecular flexibility index (Phi) is 14.1. The maximum atomic E-state index is 12.6. The minimum absolute atomic E-state index is 0.0585. The summed E-state index contributed by atoms with van der Waals surface area (Å²) >= 11 is 3.57. The Morgan fingerprint density at radius 1 is 0.795 bits per heavy atom. The van der Waals surface area contributed by atoms with Gasteiger partial charge in [0.05, 0.1) is 6.54 Å². The van der Waals surface area contributed by atoms with Crippen molar-refractivity contribution in [3.05, 3.63) is 94.0 Å². The van der Waals surface area contributed by atoms with Gasteiger partial charge in [-0.15, -0.1) is 0 Å². The Morgan fingerprint density at radius 2 is 1.41 bits per heavy atom. The number of nitrogens with zero attached hydrogens (tertiary/aromatic N) is 1. The standard InChI is InChI=1S/C33H43BrN2O3/c1-2-3-4-5-6-7-8-9-10-14-23-35-33(37)28-19-20-29(32(34)24-28)26-36(38)25-27-17-21-31(22-18-27)39-30-15-12-11-13-16-30/h11-13,15-22,24,38H,2-10,14,23,25-26H2,1H3,(H,35,37). The van der Waals surface area contributed by atoms with Gasteiger partial charge < -0.3 is 15.3 Å². The maximum Gasteiger partial charge on any atom is 0.251 e. The molecule has 0 aliphatic heterocycles. The second kappa shape index (κ2) is 17.8. The van der Waals surface area contributed by atoms with E-state index in [0.717, 1.165) is 39.9 Å². The van der Waals surface area contributed by atoms with Crippen LogP contribution in [0, 0.1) is 0 Å². The molecule has 0 fully saturated rings. The van der Waals surface area contributed by atoms with Crippen molar-refractivity contribution in [3.8, 4) is 11.5 Å². The number of benzene rings is 3. The molecule has 0 atom stereocenters. The zero-order valence-electron chi connectivity index (χ0n) is 23.2. The van der Waals surface area contributed by atoms with Gasteiger partial charge in [-0.3, -0.25) is 4.79 Å². The molecule has 6 heteroatoms. The largest absolute Gasteiger partial charge is 0.457 e. The summed E-state index contributed by atoms with van der Waals surface area (Å²) in [6, 6.07) is 22.9. The Balaban J connectivity index is 1.34. The number of para-hydroxylation sites is 1. The van der Waals surface area contributed by atoms with Crippen LogP contribution in [0.4, 0.5) is 0 Å². The first kappa shape index (κ1) is 30.9. The number of rotatable bonds is 18. The second-order valence-corrected chi connectivity index (χ2v) is 11.0. The van der Waals surface area contributed by atoms with Crippen molar-refractivity contribution in [2.24, 2.45) is 0 Å². The first-order valence-electron chi connectivity index (χ1n) is 14.4. The molecule has 0 unspecified atom stereocenters. The summed E-state index contributed by atoms with van der Waals surface area (Å²) in [6.07, 6.45) is 12.8. The number of unbranched alkanes of at least 4 members (excludes halogenated alkanes) is 9. The monoisotopic (exact) mass is 594 g/mol. The zero-order valence-corrected chi connectivity index (χ0v) is 24.8. The fraction of sp³-hybridized carbons (Fsp3) is 0.424. The summed E-state index contributed by atoms with van der Waals surface area (Å²) in [5.41, 5.74) is 2.50. The third-order valence-electron chi connectivity index (χ3n) is 6.75. The van der Waals surface area contributed by atoms with Crippen molar-refractivity contribution in [3.63, 3.8) is 0 Å². The van der Waals surface area contributed by atoms with Crippen LogP contribution in [0.5, 0.6) is 11.5 Å². The number of ether oxygens (including phenoxy) is 1. The summed E-state index contributed by atoms with van der Waals surface area (Å²) in [4.78, 5) is 12.6. The summed E-state index contributed by atoms with van der Waals surface area (Å²) in [7, 11) is 0. The number of carbonyl (C=O) groups excluding carboxylic acids is 1. The van der Waals surface area contributed by atoms with E-state index in [1.165, 1.54) is 56.4 Å². The molecule has 3 aromatic rings. The highest BCUT2D eigenvalue weighted by Gasteiger charge is 2.11. The lowest BCUT2D eigenvalue weighted by Gasteiger charge is -2.17. The van der Waals surface area contributed by atoms with Gasteiger partial charge in [0.2, 0.25) is 0 Å². The fourth-order valence-electron chi connectivity index (χ4n) is 4.48. The third kappa shape index (κ3) is 11.9. The average molecular weight is 596 g/mol. The lowest BCUT2D eigenvalue weighted by Crippen LogP contribution is -2.24. The molecule has 0 bridgehead atoms. The molecule has 0 saturated heterocycles. The van der Waals surface area contributed by atoms with Crippen LogP contribution in [0.25, 0.3) is 0 Å². The van der Waals surface area contributed by atoms with Crippen LogP contribution in [-0.4, -0.2) is 22.7 Å². The first-order chi connectivity index (χ1) is 19.0. The molecule has 0 spiro atoms. The van der Waals surface area contributed by atoms with Gasteiger partial charge in [0.25, 0.3) is 5.91 Å². The van der Waals surface area contributed by atoms with Crippen LogP contribution in [0.15, 0.2) is 77.3 Å². The van der Waals surface area contributed by atoms with Crippen LogP contribution in [0.2, 0.25) is 0 Å². The van der Waals surface area contributed by atoms with Gasteiger partial charge in [-0.2, -0.15) is 5.06 Å². The molecule has 39 heavy (non-hydrogen) atoms. The van der Waals surface area contributed by atoms with E-state index < -0.39 is 0 Å². The summed E-state index contributed by atoms with van der Waals surface area (Å²) < 4.78 is 6.63.